The van der Waals surface area contributed by atoms with Gasteiger partial charge in [0.05, 0.1) is 5.39 Å². The van der Waals surface area contributed by atoms with Gasteiger partial charge in [-0.2, -0.15) is 0 Å². The zero-order valence-corrected chi connectivity index (χ0v) is 16.4. The van der Waals surface area contributed by atoms with Crippen molar-refractivity contribution in [3.63, 3.8) is 0 Å². The molecule has 1 saturated heterocycles. The van der Waals surface area contributed by atoms with Crippen LogP contribution in [-0.4, -0.2) is 65.7 Å². The standard InChI is InChI=1S/C18H23N5O.C2H5N/c1-3-13(2)17(24)23-9-8-22(10-18(11-23)5-6-18)16-14-4-7-19-15(14)20-12-21-16;1-3-2/h3-4,7,12H,5-6,8-11H2,1-2H3,(H,19,20,21);1H2,2H3/b13-3+;. The molecule has 2 fully saturated rings. The topological polar surface area (TPSA) is 77.5 Å². The van der Waals surface area contributed by atoms with E-state index in [1.807, 2.05) is 37.1 Å². The third kappa shape index (κ3) is 4.02. The molecule has 1 aliphatic heterocycles. The summed E-state index contributed by atoms with van der Waals surface area (Å²) in [5.41, 5.74) is 1.93. The van der Waals surface area contributed by atoms with Gasteiger partial charge in [-0.25, -0.2) is 9.97 Å². The number of hydrogen-bond acceptors (Lipinski definition) is 5. The lowest BCUT2D eigenvalue weighted by atomic mass is 10.1. The Hall–Kier alpha value is -2.70. The van der Waals surface area contributed by atoms with Gasteiger partial charge in [-0.05, 0) is 39.5 Å². The van der Waals surface area contributed by atoms with Crippen LogP contribution in [0.25, 0.3) is 11.0 Å². The third-order valence-electron chi connectivity index (χ3n) is 5.34. The Kier molecular flexibility index (Phi) is 5.58. The molecule has 0 bridgehead atoms. The van der Waals surface area contributed by atoms with Crippen molar-refractivity contribution < 1.29 is 4.79 Å². The largest absolute Gasteiger partial charge is 0.354 e. The van der Waals surface area contributed by atoms with Crippen LogP contribution in [0.1, 0.15) is 26.7 Å². The fourth-order valence-electron chi connectivity index (χ4n) is 3.59. The normalized spacial score (nSPS) is 18.7. The second-order valence-electron chi connectivity index (χ2n) is 7.37. The van der Waals surface area contributed by atoms with Crippen LogP contribution in [0, 0.1) is 5.41 Å². The molecule has 0 unspecified atom stereocenters. The number of aliphatic imine (C=N–C) groups is 1. The van der Waals surface area contributed by atoms with Crippen molar-refractivity contribution in [2.75, 3.05) is 38.1 Å². The lowest BCUT2D eigenvalue weighted by Gasteiger charge is -2.25. The van der Waals surface area contributed by atoms with Crippen LogP contribution in [-0.2, 0) is 4.79 Å². The lowest BCUT2D eigenvalue weighted by molar-refractivity contribution is -0.127. The highest BCUT2D eigenvalue weighted by molar-refractivity contribution is 5.93. The molecule has 3 heterocycles. The van der Waals surface area contributed by atoms with Crippen LogP contribution < -0.4 is 4.90 Å². The van der Waals surface area contributed by atoms with Gasteiger partial charge in [0, 0.05) is 50.4 Å². The number of carbonyl (C=O) groups excluding carboxylic acids is 1. The number of allylic oxidation sites excluding steroid dienone is 1. The number of rotatable bonds is 2. The molecule has 144 valence electrons. The predicted molar refractivity (Wildman–Crippen MR) is 109 cm³/mol. The Balaban J connectivity index is 0.000000659. The summed E-state index contributed by atoms with van der Waals surface area (Å²) in [6.07, 6.45) is 7.79. The molecule has 7 nitrogen and oxygen atoms in total. The van der Waals surface area contributed by atoms with Crippen molar-refractivity contribution in [2.45, 2.75) is 26.7 Å². The van der Waals surface area contributed by atoms with Gasteiger partial charge in [0.1, 0.15) is 17.8 Å². The molecular formula is C20H28N6O. The van der Waals surface area contributed by atoms with Crippen molar-refractivity contribution >= 4 is 29.5 Å². The SMILES string of the molecule is C/C=C(\C)C(=O)N1CCN(c2ncnc3[nH]ccc23)CC2(CC2)C1.C=NC. The Labute approximate surface area is 160 Å². The average Bonchev–Trinajstić information content (AvgIpc) is 3.31. The summed E-state index contributed by atoms with van der Waals surface area (Å²) < 4.78 is 0. The molecule has 27 heavy (non-hydrogen) atoms. The van der Waals surface area contributed by atoms with Crippen LogP contribution in [0.5, 0.6) is 0 Å². The molecule has 1 saturated carbocycles. The minimum absolute atomic E-state index is 0.167. The van der Waals surface area contributed by atoms with E-state index in [1.165, 1.54) is 12.8 Å². The van der Waals surface area contributed by atoms with Gasteiger partial charge >= 0.3 is 0 Å². The molecule has 2 aliphatic rings. The Morgan fingerprint density at radius 2 is 2.07 bits per heavy atom. The smallest absolute Gasteiger partial charge is 0.249 e. The Bertz CT molecular complexity index is 851. The van der Waals surface area contributed by atoms with Crippen molar-refractivity contribution in [2.24, 2.45) is 10.4 Å². The molecule has 7 heteroatoms. The van der Waals surface area contributed by atoms with E-state index < -0.39 is 0 Å². The van der Waals surface area contributed by atoms with Crippen LogP contribution in [0.3, 0.4) is 0 Å². The summed E-state index contributed by atoms with van der Waals surface area (Å²) in [5, 5.41) is 1.05. The number of carbonyl (C=O) groups is 1. The van der Waals surface area contributed by atoms with Gasteiger partial charge in [-0.15, -0.1) is 0 Å². The number of fused-ring (bicyclic) bond motifs is 1. The first-order valence-electron chi connectivity index (χ1n) is 9.33. The van der Waals surface area contributed by atoms with Crippen molar-refractivity contribution in [3.05, 3.63) is 30.2 Å². The highest BCUT2D eigenvalue weighted by Gasteiger charge is 2.48. The first kappa shape index (κ1) is 19.1. The summed E-state index contributed by atoms with van der Waals surface area (Å²) in [4.78, 5) is 32.2. The van der Waals surface area contributed by atoms with E-state index >= 15 is 0 Å². The van der Waals surface area contributed by atoms with E-state index in [4.69, 9.17) is 0 Å². The predicted octanol–water partition coefficient (Wildman–Crippen LogP) is 2.67. The molecular weight excluding hydrogens is 340 g/mol. The quantitative estimate of drug-likeness (QED) is 0.653. The zero-order chi connectivity index (χ0) is 19.4. The number of H-pyrrole nitrogens is 1. The molecule has 2 aromatic heterocycles. The second-order valence-corrected chi connectivity index (χ2v) is 7.37. The van der Waals surface area contributed by atoms with E-state index in [9.17, 15) is 4.79 Å². The minimum atomic E-state index is 0.167. The van der Waals surface area contributed by atoms with Gasteiger partial charge in [-0.1, -0.05) is 6.08 Å². The van der Waals surface area contributed by atoms with Crippen LogP contribution in [0.15, 0.2) is 35.2 Å². The maximum absolute atomic E-state index is 12.6. The summed E-state index contributed by atoms with van der Waals surface area (Å²) in [5.74, 6) is 1.14. The van der Waals surface area contributed by atoms with E-state index in [1.54, 1.807) is 13.4 Å². The number of anilines is 1. The van der Waals surface area contributed by atoms with Crippen LogP contribution in [0.4, 0.5) is 5.82 Å². The molecule has 2 aromatic rings. The highest BCUT2D eigenvalue weighted by Crippen LogP contribution is 2.48. The Morgan fingerprint density at radius 3 is 2.74 bits per heavy atom. The molecule has 1 N–H and O–H groups in total. The highest BCUT2D eigenvalue weighted by atomic mass is 16.2. The van der Waals surface area contributed by atoms with E-state index in [-0.39, 0.29) is 11.3 Å². The van der Waals surface area contributed by atoms with Gasteiger partial charge in [-0.3, -0.25) is 4.79 Å². The van der Waals surface area contributed by atoms with E-state index in [2.05, 4.69) is 31.6 Å². The van der Waals surface area contributed by atoms with Crippen LogP contribution in [0.2, 0.25) is 0 Å². The minimum Gasteiger partial charge on any atom is -0.354 e. The third-order valence-corrected chi connectivity index (χ3v) is 5.34. The average molecular weight is 368 g/mol. The number of nitrogens with zero attached hydrogens (tertiary/aromatic N) is 5. The first-order chi connectivity index (χ1) is 13.0. The van der Waals surface area contributed by atoms with Gasteiger partial charge in [0.2, 0.25) is 5.91 Å². The number of hydrogen-bond donors (Lipinski definition) is 1. The molecule has 4 rings (SSSR count). The molecule has 0 aromatic carbocycles. The summed E-state index contributed by atoms with van der Waals surface area (Å²) in [7, 11) is 1.64. The van der Waals surface area contributed by atoms with Crippen LogP contribution >= 0.6 is 0 Å². The fraction of sp³-hybridized carbons (Fsp3) is 0.500. The summed E-state index contributed by atoms with van der Waals surface area (Å²) in [6.45, 7) is 10.3. The second kappa shape index (κ2) is 7.90. The van der Waals surface area contributed by atoms with Crippen molar-refractivity contribution in [3.8, 4) is 0 Å². The summed E-state index contributed by atoms with van der Waals surface area (Å²) >= 11 is 0. The molecule has 1 amide bonds. The fourth-order valence-corrected chi connectivity index (χ4v) is 3.59. The molecule has 0 atom stereocenters. The maximum Gasteiger partial charge on any atom is 0.249 e. The monoisotopic (exact) mass is 368 g/mol. The van der Waals surface area contributed by atoms with Gasteiger partial charge in [0.25, 0.3) is 0 Å². The molecule has 0 radical (unpaired) electrons. The zero-order valence-electron chi connectivity index (χ0n) is 16.4. The first-order valence-corrected chi connectivity index (χ1v) is 9.33. The van der Waals surface area contributed by atoms with Gasteiger partial charge < -0.3 is 19.8 Å². The van der Waals surface area contributed by atoms with E-state index in [0.717, 1.165) is 48.6 Å². The van der Waals surface area contributed by atoms with Crippen molar-refractivity contribution in [1.29, 1.82) is 0 Å². The maximum atomic E-state index is 12.6. The number of nitrogens with one attached hydrogen (secondary N) is 1. The van der Waals surface area contributed by atoms with E-state index in [0.29, 0.717) is 0 Å². The lowest BCUT2D eigenvalue weighted by Crippen LogP contribution is -2.37. The van der Waals surface area contributed by atoms with Gasteiger partial charge in [0.15, 0.2) is 0 Å². The Morgan fingerprint density at radius 1 is 1.33 bits per heavy atom. The number of aromatic nitrogens is 3. The number of aromatic amines is 1. The molecule has 1 spiro atoms. The van der Waals surface area contributed by atoms with Crippen molar-refractivity contribution in [1.82, 2.24) is 19.9 Å². The molecule has 1 aliphatic carbocycles. The summed E-state index contributed by atoms with van der Waals surface area (Å²) in [6, 6.07) is 2.03. The number of amides is 1.